The van der Waals surface area contributed by atoms with Gasteiger partial charge in [0.15, 0.2) is 0 Å². The molecule has 0 saturated heterocycles. The summed E-state index contributed by atoms with van der Waals surface area (Å²) in [6.45, 7) is 0.443. The van der Waals surface area contributed by atoms with Crippen LogP contribution in [-0.2, 0) is 11.3 Å². The Morgan fingerprint density at radius 3 is 2.61 bits per heavy atom. The van der Waals surface area contributed by atoms with E-state index in [-0.39, 0.29) is 5.91 Å². The molecule has 0 unspecified atom stereocenters. The second-order valence-corrected chi connectivity index (χ2v) is 3.78. The maximum Gasteiger partial charge on any atom is 0.244 e. The van der Waals surface area contributed by atoms with Crippen LogP contribution in [0.15, 0.2) is 60.8 Å². The molecule has 0 spiro atoms. The lowest BCUT2D eigenvalue weighted by molar-refractivity contribution is -0.116. The number of nitrogens with zero attached hydrogens (tertiary/aromatic N) is 1. The lowest BCUT2D eigenvalue weighted by Crippen LogP contribution is -2.20. The topological polar surface area (TPSA) is 42.0 Å². The molecule has 0 atom stereocenters. The van der Waals surface area contributed by atoms with Crippen molar-refractivity contribution in [2.75, 3.05) is 0 Å². The molecule has 0 aliphatic rings. The molecule has 3 heteroatoms. The summed E-state index contributed by atoms with van der Waals surface area (Å²) >= 11 is 0. The van der Waals surface area contributed by atoms with Crippen molar-refractivity contribution in [2.24, 2.45) is 0 Å². The van der Waals surface area contributed by atoms with Crippen molar-refractivity contribution in [3.8, 4) is 0 Å². The van der Waals surface area contributed by atoms with Gasteiger partial charge >= 0.3 is 0 Å². The maximum absolute atomic E-state index is 11.6. The molecule has 1 N–H and O–H groups in total. The summed E-state index contributed by atoms with van der Waals surface area (Å²) in [5.41, 5.74) is 1.85. The van der Waals surface area contributed by atoms with Crippen LogP contribution in [-0.4, -0.2) is 10.9 Å². The van der Waals surface area contributed by atoms with Gasteiger partial charge in [-0.2, -0.15) is 0 Å². The van der Waals surface area contributed by atoms with Crippen molar-refractivity contribution in [1.82, 2.24) is 10.3 Å². The normalized spacial score (nSPS) is 10.4. The average Bonchev–Trinajstić information content (AvgIpc) is 2.45. The number of nitrogens with one attached hydrogen (secondary N) is 1. The van der Waals surface area contributed by atoms with Crippen LogP contribution in [0, 0.1) is 0 Å². The minimum Gasteiger partial charge on any atom is -0.347 e. The van der Waals surface area contributed by atoms with Crippen LogP contribution in [0.3, 0.4) is 0 Å². The summed E-state index contributed by atoms with van der Waals surface area (Å²) in [5.74, 6) is -0.121. The highest BCUT2D eigenvalue weighted by Crippen LogP contribution is 2.00. The standard InChI is InChI=1S/C15H14N2O/c18-15(10-9-13-6-2-1-3-7-13)17-12-14-8-4-5-11-16-14/h1-11H,12H2,(H,17,18). The van der Waals surface area contributed by atoms with E-state index >= 15 is 0 Å². The molecule has 1 aromatic carbocycles. The molecular formula is C15H14N2O. The molecule has 1 amide bonds. The van der Waals surface area contributed by atoms with E-state index < -0.39 is 0 Å². The molecule has 90 valence electrons. The van der Waals surface area contributed by atoms with E-state index in [1.807, 2.05) is 48.5 Å². The number of benzene rings is 1. The predicted molar refractivity (Wildman–Crippen MR) is 71.6 cm³/mol. The fraction of sp³-hybridized carbons (Fsp3) is 0.0667. The Morgan fingerprint density at radius 2 is 1.89 bits per heavy atom. The van der Waals surface area contributed by atoms with Gasteiger partial charge in [-0.05, 0) is 23.8 Å². The Bertz CT molecular complexity index is 521. The molecule has 0 radical (unpaired) electrons. The van der Waals surface area contributed by atoms with Gasteiger partial charge < -0.3 is 5.32 Å². The van der Waals surface area contributed by atoms with E-state index in [0.717, 1.165) is 11.3 Å². The molecular weight excluding hydrogens is 224 g/mol. The Hall–Kier alpha value is -2.42. The van der Waals surface area contributed by atoms with E-state index in [9.17, 15) is 4.79 Å². The van der Waals surface area contributed by atoms with Gasteiger partial charge in [-0.1, -0.05) is 36.4 Å². The lowest BCUT2D eigenvalue weighted by atomic mass is 10.2. The Balaban J connectivity index is 1.84. The molecule has 0 fully saturated rings. The Kier molecular flexibility index (Phi) is 4.25. The van der Waals surface area contributed by atoms with Crippen LogP contribution >= 0.6 is 0 Å². The highest BCUT2D eigenvalue weighted by Gasteiger charge is 1.96. The van der Waals surface area contributed by atoms with Crippen molar-refractivity contribution < 1.29 is 4.79 Å². The third kappa shape index (κ3) is 3.87. The second kappa shape index (κ2) is 6.35. The van der Waals surface area contributed by atoms with Crippen molar-refractivity contribution >= 4 is 12.0 Å². The van der Waals surface area contributed by atoms with E-state index in [1.54, 1.807) is 12.3 Å². The lowest BCUT2D eigenvalue weighted by Gasteiger charge is -2.00. The molecule has 2 aromatic rings. The highest BCUT2D eigenvalue weighted by atomic mass is 16.1. The zero-order valence-electron chi connectivity index (χ0n) is 9.91. The smallest absolute Gasteiger partial charge is 0.244 e. The number of carbonyl (C=O) groups excluding carboxylic acids is 1. The zero-order valence-corrected chi connectivity index (χ0v) is 9.91. The fourth-order valence-electron chi connectivity index (χ4n) is 1.48. The summed E-state index contributed by atoms with van der Waals surface area (Å²) < 4.78 is 0. The second-order valence-electron chi connectivity index (χ2n) is 3.78. The van der Waals surface area contributed by atoms with Crippen molar-refractivity contribution in [3.63, 3.8) is 0 Å². The van der Waals surface area contributed by atoms with Crippen molar-refractivity contribution in [3.05, 3.63) is 72.1 Å². The number of amides is 1. The van der Waals surface area contributed by atoms with E-state index in [4.69, 9.17) is 0 Å². The van der Waals surface area contributed by atoms with Crippen LogP contribution in [0.1, 0.15) is 11.3 Å². The van der Waals surface area contributed by atoms with Crippen molar-refractivity contribution in [2.45, 2.75) is 6.54 Å². The first-order chi connectivity index (χ1) is 8.84. The van der Waals surface area contributed by atoms with Crippen LogP contribution in [0.25, 0.3) is 6.08 Å². The first-order valence-corrected chi connectivity index (χ1v) is 5.75. The number of hydrogen-bond donors (Lipinski definition) is 1. The van der Waals surface area contributed by atoms with Gasteiger partial charge in [0, 0.05) is 12.3 Å². The zero-order chi connectivity index (χ0) is 12.6. The summed E-state index contributed by atoms with van der Waals surface area (Å²) in [6, 6.07) is 15.3. The monoisotopic (exact) mass is 238 g/mol. The van der Waals surface area contributed by atoms with Gasteiger partial charge in [-0.3, -0.25) is 9.78 Å². The number of carbonyl (C=O) groups is 1. The molecule has 18 heavy (non-hydrogen) atoms. The predicted octanol–water partition coefficient (Wildman–Crippen LogP) is 2.41. The van der Waals surface area contributed by atoms with Gasteiger partial charge in [-0.15, -0.1) is 0 Å². The number of rotatable bonds is 4. The highest BCUT2D eigenvalue weighted by molar-refractivity contribution is 5.91. The molecule has 0 bridgehead atoms. The van der Waals surface area contributed by atoms with Crippen LogP contribution in [0.2, 0.25) is 0 Å². The van der Waals surface area contributed by atoms with Crippen LogP contribution < -0.4 is 5.32 Å². The first kappa shape index (κ1) is 12.0. The first-order valence-electron chi connectivity index (χ1n) is 5.75. The van der Waals surface area contributed by atoms with Gasteiger partial charge in [0.2, 0.25) is 5.91 Å². The third-order valence-corrected chi connectivity index (χ3v) is 2.40. The van der Waals surface area contributed by atoms with Crippen LogP contribution in [0.5, 0.6) is 0 Å². The number of aromatic nitrogens is 1. The number of hydrogen-bond acceptors (Lipinski definition) is 2. The maximum atomic E-state index is 11.6. The summed E-state index contributed by atoms with van der Waals surface area (Å²) in [6.07, 6.45) is 5.02. The molecule has 2 rings (SSSR count). The Labute approximate surface area is 106 Å². The SMILES string of the molecule is O=C(C=Cc1ccccc1)NCc1ccccn1. The Morgan fingerprint density at radius 1 is 1.11 bits per heavy atom. The molecule has 1 aromatic heterocycles. The summed E-state index contributed by atoms with van der Waals surface area (Å²) in [5, 5.41) is 2.78. The van der Waals surface area contributed by atoms with Gasteiger partial charge in [0.05, 0.1) is 12.2 Å². The van der Waals surface area contributed by atoms with Gasteiger partial charge in [0.1, 0.15) is 0 Å². The van der Waals surface area contributed by atoms with Gasteiger partial charge in [-0.25, -0.2) is 0 Å². The molecule has 1 heterocycles. The summed E-state index contributed by atoms with van der Waals surface area (Å²) in [7, 11) is 0. The van der Waals surface area contributed by atoms with Gasteiger partial charge in [0.25, 0.3) is 0 Å². The minimum absolute atomic E-state index is 0.121. The number of pyridine rings is 1. The molecule has 0 saturated carbocycles. The largest absolute Gasteiger partial charge is 0.347 e. The molecule has 0 aliphatic carbocycles. The quantitative estimate of drug-likeness (QED) is 0.831. The van der Waals surface area contributed by atoms with Crippen LogP contribution in [0.4, 0.5) is 0 Å². The molecule has 0 aliphatic heterocycles. The van der Waals surface area contributed by atoms with E-state index in [2.05, 4.69) is 10.3 Å². The summed E-state index contributed by atoms with van der Waals surface area (Å²) in [4.78, 5) is 15.7. The molecule has 3 nitrogen and oxygen atoms in total. The average molecular weight is 238 g/mol. The third-order valence-electron chi connectivity index (χ3n) is 2.40. The van der Waals surface area contributed by atoms with Crippen molar-refractivity contribution in [1.29, 1.82) is 0 Å². The van der Waals surface area contributed by atoms with E-state index in [0.29, 0.717) is 6.54 Å². The minimum atomic E-state index is -0.121. The fourth-order valence-corrected chi connectivity index (χ4v) is 1.48. The van der Waals surface area contributed by atoms with E-state index in [1.165, 1.54) is 6.08 Å².